The Morgan fingerprint density at radius 3 is 2.73 bits per heavy atom. The number of carbonyl (C=O) groups excluding carboxylic acids is 3. The summed E-state index contributed by atoms with van der Waals surface area (Å²) in [7, 11) is 1.46. The highest BCUT2D eigenvalue weighted by Crippen LogP contribution is 2.13. The molecule has 26 heavy (non-hydrogen) atoms. The summed E-state index contributed by atoms with van der Waals surface area (Å²) in [6.07, 6.45) is 2.35. The van der Waals surface area contributed by atoms with Crippen molar-refractivity contribution in [3.63, 3.8) is 0 Å². The van der Waals surface area contributed by atoms with Gasteiger partial charge in [-0.2, -0.15) is 0 Å². The topological polar surface area (TPSA) is 110 Å². The van der Waals surface area contributed by atoms with Crippen molar-refractivity contribution in [2.24, 2.45) is 5.92 Å². The Bertz CT molecular complexity index is 794. The number of aryl methyl sites for hydroxylation is 1. The Kier molecular flexibility index (Phi) is 7.02. The minimum Gasteiger partial charge on any atom is -0.465 e. The summed E-state index contributed by atoms with van der Waals surface area (Å²) in [6.45, 7) is 1.64. The molecule has 2 amide bonds. The van der Waals surface area contributed by atoms with Crippen molar-refractivity contribution in [1.82, 2.24) is 20.6 Å². The highest BCUT2D eigenvalue weighted by Gasteiger charge is 2.26. The van der Waals surface area contributed by atoms with Gasteiger partial charge in [-0.05, 0) is 44.0 Å². The number of hydrogen-bond donors (Lipinski definition) is 2. The molecule has 2 aromatic heterocycles. The molecule has 138 valence electrons. The number of nitrogens with one attached hydrogen (secondary N) is 2. The first-order chi connectivity index (χ1) is 12.5. The summed E-state index contributed by atoms with van der Waals surface area (Å²) < 4.78 is 4.76. The summed E-state index contributed by atoms with van der Waals surface area (Å²) in [5, 5.41) is 5.84. The van der Waals surface area contributed by atoms with Crippen molar-refractivity contribution in [3.8, 4) is 0 Å². The van der Waals surface area contributed by atoms with Gasteiger partial charge in [0.15, 0.2) is 5.65 Å². The molecule has 1 unspecified atom stereocenters. The Morgan fingerprint density at radius 2 is 2.00 bits per heavy atom. The maximum absolute atomic E-state index is 12.3. The average Bonchev–Trinajstić information content (AvgIpc) is 2.66. The van der Waals surface area contributed by atoms with Crippen molar-refractivity contribution in [1.29, 1.82) is 0 Å². The van der Waals surface area contributed by atoms with Crippen LogP contribution in [-0.4, -0.2) is 48.0 Å². The van der Waals surface area contributed by atoms with Crippen LogP contribution in [0.1, 0.15) is 19.0 Å². The second-order valence-corrected chi connectivity index (χ2v) is 5.58. The summed E-state index contributed by atoms with van der Waals surface area (Å²) >= 11 is 0. The molecule has 0 saturated heterocycles. The van der Waals surface area contributed by atoms with Crippen LogP contribution < -0.4 is 10.6 Å². The van der Waals surface area contributed by atoms with E-state index in [0.29, 0.717) is 12.1 Å². The number of amides is 2. The van der Waals surface area contributed by atoms with Crippen molar-refractivity contribution in [3.05, 3.63) is 36.2 Å². The Balaban J connectivity index is 2.01. The van der Waals surface area contributed by atoms with Gasteiger partial charge in [-0.25, -0.2) is 9.97 Å². The number of aromatic nitrogens is 2. The van der Waals surface area contributed by atoms with Crippen molar-refractivity contribution >= 4 is 28.8 Å². The van der Waals surface area contributed by atoms with Gasteiger partial charge >= 0.3 is 5.97 Å². The predicted octanol–water partition coefficient (Wildman–Crippen LogP) is 0.604. The second-order valence-electron chi connectivity index (χ2n) is 5.58. The van der Waals surface area contributed by atoms with E-state index >= 15 is 0 Å². The Hall–Kier alpha value is -3.03. The molecule has 0 bridgehead atoms. The van der Waals surface area contributed by atoms with Gasteiger partial charge in [-0.15, -0.1) is 0 Å². The van der Waals surface area contributed by atoms with Gasteiger partial charge in [0, 0.05) is 24.3 Å². The molecule has 2 rings (SSSR count). The lowest BCUT2D eigenvalue weighted by Gasteiger charge is -2.15. The van der Waals surface area contributed by atoms with Crippen LogP contribution in [0, 0.1) is 5.92 Å². The number of esters is 1. The van der Waals surface area contributed by atoms with Crippen LogP contribution in [-0.2, 0) is 25.5 Å². The Morgan fingerprint density at radius 1 is 1.19 bits per heavy atom. The molecular formula is C18H22N4O4. The van der Waals surface area contributed by atoms with Crippen LogP contribution in [0.3, 0.4) is 0 Å². The summed E-state index contributed by atoms with van der Waals surface area (Å²) in [4.78, 5) is 44.3. The van der Waals surface area contributed by atoms with Crippen LogP contribution in [0.4, 0.5) is 0 Å². The maximum atomic E-state index is 12.3. The number of ether oxygens (including phenoxy) is 1. The number of hydrogen-bond acceptors (Lipinski definition) is 6. The van der Waals surface area contributed by atoms with Crippen molar-refractivity contribution in [2.45, 2.75) is 19.8 Å². The number of carbonyl (C=O) groups is 3. The predicted molar refractivity (Wildman–Crippen MR) is 95.1 cm³/mol. The zero-order valence-electron chi connectivity index (χ0n) is 14.8. The molecule has 8 nitrogen and oxygen atoms in total. The van der Waals surface area contributed by atoms with E-state index in [1.165, 1.54) is 7.05 Å². The van der Waals surface area contributed by atoms with E-state index < -0.39 is 23.7 Å². The standard InChI is InChI=1S/C18H22N4O4/c1-3-26-15(23)11-21-18(25)14(17(24)19-2)9-8-13-7-6-12-5-4-10-20-16(12)22-13/h4-7,10,14H,3,8-9,11H2,1-2H3,(H,19,24)(H,21,25). The fraction of sp³-hybridized carbons (Fsp3) is 0.389. The summed E-state index contributed by atoms with van der Waals surface area (Å²) in [6, 6.07) is 7.50. The van der Waals surface area contributed by atoms with Gasteiger partial charge in [-0.3, -0.25) is 14.4 Å². The summed E-state index contributed by atoms with van der Waals surface area (Å²) in [5.41, 5.74) is 1.36. The third-order valence-electron chi connectivity index (χ3n) is 3.80. The van der Waals surface area contributed by atoms with Gasteiger partial charge in [0.1, 0.15) is 12.5 Å². The molecule has 2 aromatic rings. The molecule has 0 aromatic carbocycles. The molecule has 1 atom stereocenters. The molecular weight excluding hydrogens is 336 g/mol. The normalized spacial score (nSPS) is 11.6. The molecule has 2 N–H and O–H groups in total. The molecule has 0 saturated carbocycles. The number of pyridine rings is 2. The number of fused-ring (bicyclic) bond motifs is 1. The second kappa shape index (κ2) is 9.45. The Labute approximate surface area is 151 Å². The van der Waals surface area contributed by atoms with E-state index in [4.69, 9.17) is 4.74 Å². The lowest BCUT2D eigenvalue weighted by atomic mass is 9.99. The molecule has 0 spiro atoms. The van der Waals surface area contributed by atoms with Crippen molar-refractivity contribution in [2.75, 3.05) is 20.2 Å². The van der Waals surface area contributed by atoms with Crippen LogP contribution in [0.15, 0.2) is 30.5 Å². The lowest BCUT2D eigenvalue weighted by molar-refractivity contribution is -0.145. The van der Waals surface area contributed by atoms with Crippen LogP contribution in [0.25, 0.3) is 11.0 Å². The molecule has 0 aliphatic rings. The molecule has 0 radical (unpaired) electrons. The van der Waals surface area contributed by atoms with E-state index in [-0.39, 0.29) is 19.6 Å². The molecule has 0 aliphatic heterocycles. The number of rotatable bonds is 8. The van der Waals surface area contributed by atoms with E-state index in [0.717, 1.165) is 11.1 Å². The van der Waals surface area contributed by atoms with E-state index in [1.54, 1.807) is 13.1 Å². The average molecular weight is 358 g/mol. The first-order valence-electron chi connectivity index (χ1n) is 8.40. The minimum absolute atomic E-state index is 0.231. The zero-order valence-corrected chi connectivity index (χ0v) is 14.8. The summed E-state index contributed by atoms with van der Waals surface area (Å²) in [5.74, 6) is -2.39. The fourth-order valence-corrected chi connectivity index (χ4v) is 2.47. The van der Waals surface area contributed by atoms with E-state index in [9.17, 15) is 14.4 Å². The third-order valence-corrected chi connectivity index (χ3v) is 3.80. The molecule has 0 fully saturated rings. The minimum atomic E-state index is -0.921. The van der Waals surface area contributed by atoms with Gasteiger partial charge in [0.25, 0.3) is 0 Å². The van der Waals surface area contributed by atoms with Gasteiger partial charge < -0.3 is 15.4 Å². The maximum Gasteiger partial charge on any atom is 0.325 e. The van der Waals surface area contributed by atoms with Gasteiger partial charge in [-0.1, -0.05) is 0 Å². The smallest absolute Gasteiger partial charge is 0.325 e. The van der Waals surface area contributed by atoms with Gasteiger partial charge in [0.05, 0.1) is 6.61 Å². The van der Waals surface area contributed by atoms with Crippen LogP contribution >= 0.6 is 0 Å². The fourth-order valence-electron chi connectivity index (χ4n) is 2.47. The largest absolute Gasteiger partial charge is 0.465 e. The van der Waals surface area contributed by atoms with E-state index in [2.05, 4.69) is 20.6 Å². The van der Waals surface area contributed by atoms with Crippen LogP contribution in [0.2, 0.25) is 0 Å². The SMILES string of the molecule is CCOC(=O)CNC(=O)C(CCc1ccc2cccnc2n1)C(=O)NC. The first kappa shape index (κ1) is 19.3. The highest BCUT2D eigenvalue weighted by atomic mass is 16.5. The highest BCUT2D eigenvalue weighted by molar-refractivity contribution is 6.01. The van der Waals surface area contributed by atoms with Crippen molar-refractivity contribution < 1.29 is 19.1 Å². The molecule has 0 aliphatic carbocycles. The molecule has 8 heteroatoms. The monoisotopic (exact) mass is 358 g/mol. The zero-order chi connectivity index (χ0) is 18.9. The van der Waals surface area contributed by atoms with E-state index in [1.807, 2.05) is 24.3 Å². The first-order valence-corrected chi connectivity index (χ1v) is 8.40. The lowest BCUT2D eigenvalue weighted by Crippen LogP contribution is -2.42. The number of nitrogens with zero attached hydrogens (tertiary/aromatic N) is 2. The van der Waals surface area contributed by atoms with Gasteiger partial charge in [0.2, 0.25) is 11.8 Å². The quantitative estimate of drug-likeness (QED) is 0.528. The van der Waals surface area contributed by atoms with Crippen LogP contribution in [0.5, 0.6) is 0 Å². The molecule has 2 heterocycles. The third kappa shape index (κ3) is 5.23.